The summed E-state index contributed by atoms with van der Waals surface area (Å²) in [7, 11) is 0. The second kappa shape index (κ2) is 9.00. The first-order chi connectivity index (χ1) is 14.6. The molecule has 1 fully saturated rings. The average molecular weight is 405 g/mol. The van der Waals surface area contributed by atoms with E-state index in [0.29, 0.717) is 28.4 Å². The van der Waals surface area contributed by atoms with Crippen molar-refractivity contribution in [1.82, 2.24) is 15.3 Å². The van der Waals surface area contributed by atoms with E-state index in [4.69, 9.17) is 10.5 Å². The minimum Gasteiger partial charge on any atom is -0.453 e. The first-order valence-corrected chi connectivity index (χ1v) is 9.99. The summed E-state index contributed by atoms with van der Waals surface area (Å²) in [5.74, 6) is 0.240. The zero-order valence-electron chi connectivity index (χ0n) is 16.8. The molecule has 0 aliphatic carbocycles. The summed E-state index contributed by atoms with van der Waals surface area (Å²) < 4.78 is 20.0. The average Bonchev–Trinajstić information content (AvgIpc) is 2.77. The molecule has 154 valence electrons. The Bertz CT molecular complexity index is 1110. The topological polar surface area (TPSA) is 85.4 Å². The minimum absolute atomic E-state index is 0.161. The molecule has 7 heteroatoms. The molecule has 6 nitrogen and oxygen atoms in total. The van der Waals surface area contributed by atoms with Gasteiger partial charge >= 0.3 is 0 Å². The number of fused-ring (bicyclic) bond motifs is 1. The molecule has 1 aliphatic rings. The molecule has 3 heterocycles. The van der Waals surface area contributed by atoms with E-state index in [9.17, 15) is 4.39 Å². The van der Waals surface area contributed by atoms with E-state index < -0.39 is 5.82 Å². The standard InChI is InChI=1S/C23H24FN5O/c1-15-2-3-23(19(24)10-15)30-22-6-9-27-21-11-20(29-14-18(21)22)16(12-25)13-28-17-4-7-26-8-5-17/h2-3,6,9-14,17,26H,4-5,7-8,25H2,1H3. The van der Waals surface area contributed by atoms with E-state index in [1.165, 1.54) is 12.3 Å². The summed E-state index contributed by atoms with van der Waals surface area (Å²) in [4.78, 5) is 13.6. The van der Waals surface area contributed by atoms with E-state index >= 15 is 0 Å². The first-order valence-electron chi connectivity index (χ1n) is 9.99. The van der Waals surface area contributed by atoms with Crippen molar-refractivity contribution in [1.29, 1.82) is 0 Å². The molecule has 0 saturated carbocycles. The molecule has 1 aliphatic heterocycles. The number of nitrogens with zero attached hydrogens (tertiary/aromatic N) is 3. The van der Waals surface area contributed by atoms with Gasteiger partial charge in [-0.1, -0.05) is 6.07 Å². The van der Waals surface area contributed by atoms with Crippen molar-refractivity contribution in [2.45, 2.75) is 25.8 Å². The molecular formula is C23H24FN5O. The summed E-state index contributed by atoms with van der Waals surface area (Å²) in [6.07, 6.45) is 8.60. The molecule has 1 saturated heterocycles. The number of hydrogen-bond donors (Lipinski definition) is 2. The SMILES string of the molecule is Cc1ccc(Oc2ccnc3cc(C(C=NC4CCNCC4)=CN)ncc23)c(F)c1. The Morgan fingerprint density at radius 1 is 1.20 bits per heavy atom. The largest absolute Gasteiger partial charge is 0.453 e. The van der Waals surface area contributed by atoms with Crippen LogP contribution in [0.4, 0.5) is 4.39 Å². The zero-order valence-corrected chi connectivity index (χ0v) is 16.8. The number of piperidine rings is 1. The number of aliphatic imine (C=N–C) groups is 1. The molecule has 2 aromatic heterocycles. The Morgan fingerprint density at radius 2 is 2.03 bits per heavy atom. The second-order valence-electron chi connectivity index (χ2n) is 7.31. The maximum Gasteiger partial charge on any atom is 0.165 e. The Hall–Kier alpha value is -3.32. The fraction of sp³-hybridized carbons (Fsp3) is 0.261. The number of rotatable bonds is 5. The third-order valence-corrected chi connectivity index (χ3v) is 5.10. The smallest absolute Gasteiger partial charge is 0.165 e. The molecule has 3 N–H and O–H groups in total. The van der Waals surface area contributed by atoms with Gasteiger partial charge in [0.1, 0.15) is 5.75 Å². The molecule has 3 aromatic rings. The molecule has 0 radical (unpaired) electrons. The number of nitrogens with two attached hydrogens (primary N) is 1. The van der Waals surface area contributed by atoms with Crippen LogP contribution in [-0.2, 0) is 0 Å². The van der Waals surface area contributed by atoms with Crippen molar-refractivity contribution in [2.75, 3.05) is 13.1 Å². The summed E-state index contributed by atoms with van der Waals surface area (Å²) in [5.41, 5.74) is 8.75. The highest BCUT2D eigenvalue weighted by Gasteiger charge is 2.13. The molecule has 30 heavy (non-hydrogen) atoms. The Kier molecular flexibility index (Phi) is 5.99. The first kappa shape index (κ1) is 20.0. The van der Waals surface area contributed by atoms with Gasteiger partial charge < -0.3 is 15.8 Å². The lowest BCUT2D eigenvalue weighted by atomic mass is 10.1. The predicted octanol–water partition coefficient (Wildman–Crippen LogP) is 3.99. The maximum absolute atomic E-state index is 14.2. The Labute approximate surface area is 174 Å². The Balaban J connectivity index is 1.60. The fourth-order valence-corrected chi connectivity index (χ4v) is 3.41. The van der Waals surface area contributed by atoms with Gasteiger partial charge in [0.2, 0.25) is 0 Å². The predicted molar refractivity (Wildman–Crippen MR) is 117 cm³/mol. The van der Waals surface area contributed by atoms with Crippen LogP contribution >= 0.6 is 0 Å². The van der Waals surface area contributed by atoms with Crippen LogP contribution in [0.15, 0.2) is 53.9 Å². The third-order valence-electron chi connectivity index (χ3n) is 5.10. The van der Waals surface area contributed by atoms with Crippen LogP contribution in [0, 0.1) is 12.7 Å². The van der Waals surface area contributed by atoms with Gasteiger partial charge in [0.15, 0.2) is 11.6 Å². The van der Waals surface area contributed by atoms with Crippen molar-refractivity contribution in [3.63, 3.8) is 0 Å². The van der Waals surface area contributed by atoms with Gasteiger partial charge in [0.05, 0.1) is 22.6 Å². The summed E-state index contributed by atoms with van der Waals surface area (Å²) in [5, 5.41) is 4.02. The van der Waals surface area contributed by atoms with E-state index in [1.54, 1.807) is 36.8 Å². The number of ether oxygens (including phenoxy) is 1. The van der Waals surface area contributed by atoms with E-state index in [2.05, 4.69) is 20.3 Å². The highest BCUT2D eigenvalue weighted by atomic mass is 19.1. The zero-order chi connectivity index (χ0) is 20.9. The lowest BCUT2D eigenvalue weighted by molar-refractivity contribution is 0.445. The second-order valence-corrected chi connectivity index (χ2v) is 7.31. The van der Waals surface area contributed by atoms with Crippen molar-refractivity contribution in [2.24, 2.45) is 10.7 Å². The van der Waals surface area contributed by atoms with E-state index in [0.717, 1.165) is 37.1 Å². The maximum atomic E-state index is 14.2. The van der Waals surface area contributed by atoms with Gasteiger partial charge in [-0.05, 0) is 62.7 Å². The van der Waals surface area contributed by atoms with Gasteiger partial charge in [0, 0.05) is 30.4 Å². The molecule has 1 aromatic carbocycles. The quantitative estimate of drug-likeness (QED) is 0.627. The number of aromatic nitrogens is 2. The number of hydrogen-bond acceptors (Lipinski definition) is 6. The highest BCUT2D eigenvalue weighted by Crippen LogP contribution is 2.31. The van der Waals surface area contributed by atoms with Gasteiger partial charge in [-0.25, -0.2) is 4.39 Å². The normalized spacial score (nSPS) is 15.7. The van der Waals surface area contributed by atoms with Gasteiger partial charge in [-0.2, -0.15) is 0 Å². The highest BCUT2D eigenvalue weighted by molar-refractivity contribution is 6.09. The number of benzene rings is 1. The molecular weight excluding hydrogens is 381 g/mol. The van der Waals surface area contributed by atoms with Crippen LogP contribution in [0.1, 0.15) is 24.1 Å². The van der Waals surface area contributed by atoms with Crippen LogP contribution in [-0.4, -0.2) is 35.3 Å². The number of aryl methyl sites for hydroxylation is 1. The number of pyridine rings is 2. The summed E-state index contributed by atoms with van der Waals surface area (Å²) >= 11 is 0. The molecule has 0 amide bonds. The molecule has 0 atom stereocenters. The van der Waals surface area contributed by atoms with Crippen LogP contribution in [0.5, 0.6) is 11.5 Å². The number of nitrogens with one attached hydrogen (secondary N) is 1. The van der Waals surface area contributed by atoms with Crippen LogP contribution in [0.3, 0.4) is 0 Å². The third kappa shape index (κ3) is 4.46. The molecule has 0 spiro atoms. The van der Waals surface area contributed by atoms with Crippen molar-refractivity contribution < 1.29 is 9.13 Å². The fourth-order valence-electron chi connectivity index (χ4n) is 3.41. The van der Waals surface area contributed by atoms with E-state index in [-0.39, 0.29) is 5.75 Å². The van der Waals surface area contributed by atoms with Gasteiger partial charge in [-0.3, -0.25) is 15.0 Å². The molecule has 0 unspecified atom stereocenters. The van der Waals surface area contributed by atoms with Crippen LogP contribution in [0.2, 0.25) is 0 Å². The van der Waals surface area contributed by atoms with Crippen molar-refractivity contribution in [3.8, 4) is 11.5 Å². The van der Waals surface area contributed by atoms with Crippen molar-refractivity contribution >= 4 is 22.7 Å². The minimum atomic E-state index is -0.410. The summed E-state index contributed by atoms with van der Waals surface area (Å²) in [6, 6.07) is 8.69. The van der Waals surface area contributed by atoms with E-state index in [1.807, 2.05) is 13.0 Å². The molecule has 0 bridgehead atoms. The van der Waals surface area contributed by atoms with Crippen molar-refractivity contribution in [3.05, 3.63) is 66.0 Å². The lowest BCUT2D eigenvalue weighted by Crippen LogP contribution is -2.29. The summed E-state index contributed by atoms with van der Waals surface area (Å²) in [6.45, 7) is 3.79. The number of halogens is 1. The molecule has 4 rings (SSSR count). The Morgan fingerprint density at radius 3 is 2.80 bits per heavy atom. The van der Waals surface area contributed by atoms with Crippen LogP contribution < -0.4 is 15.8 Å². The van der Waals surface area contributed by atoms with Crippen LogP contribution in [0.25, 0.3) is 16.5 Å². The number of allylic oxidation sites excluding steroid dienone is 1. The van der Waals surface area contributed by atoms with Gasteiger partial charge in [-0.15, -0.1) is 0 Å². The lowest BCUT2D eigenvalue weighted by Gasteiger charge is -2.18. The van der Waals surface area contributed by atoms with Gasteiger partial charge in [0.25, 0.3) is 0 Å². The monoisotopic (exact) mass is 405 g/mol.